The van der Waals surface area contributed by atoms with Gasteiger partial charge in [-0.3, -0.25) is 9.59 Å². The molecule has 0 saturated heterocycles. The molecule has 124 valence electrons. The minimum atomic E-state index is -0.140. The quantitative estimate of drug-likeness (QED) is 0.870. The predicted molar refractivity (Wildman–Crippen MR) is 89.5 cm³/mol. The van der Waals surface area contributed by atoms with Gasteiger partial charge in [0, 0.05) is 26.2 Å². The maximum atomic E-state index is 12.3. The highest BCUT2D eigenvalue weighted by Crippen LogP contribution is 2.12. The fourth-order valence-electron chi connectivity index (χ4n) is 2.07. The number of nitrogens with zero attached hydrogens (tertiary/aromatic N) is 1. The van der Waals surface area contributed by atoms with E-state index in [1.54, 1.807) is 37.2 Å². The minimum Gasteiger partial charge on any atom is -0.467 e. The van der Waals surface area contributed by atoms with Gasteiger partial charge in [0.25, 0.3) is 11.8 Å². The van der Waals surface area contributed by atoms with Crippen LogP contribution in [0.4, 0.5) is 0 Å². The van der Waals surface area contributed by atoms with Gasteiger partial charge in [-0.05, 0) is 23.8 Å². The summed E-state index contributed by atoms with van der Waals surface area (Å²) in [5.41, 5.74) is 7.46. The van der Waals surface area contributed by atoms with E-state index in [2.05, 4.69) is 5.32 Å². The van der Waals surface area contributed by atoms with Gasteiger partial charge in [0.2, 0.25) is 0 Å². The van der Waals surface area contributed by atoms with Gasteiger partial charge in [-0.1, -0.05) is 12.1 Å². The highest BCUT2D eigenvalue weighted by Gasteiger charge is 2.15. The van der Waals surface area contributed by atoms with Crippen LogP contribution in [0.5, 0.6) is 0 Å². The Hall–Kier alpha value is -2.31. The van der Waals surface area contributed by atoms with Crippen LogP contribution in [-0.2, 0) is 13.1 Å². The van der Waals surface area contributed by atoms with E-state index >= 15 is 0 Å². The first-order chi connectivity index (χ1) is 10.5. The molecule has 23 heavy (non-hydrogen) atoms. The van der Waals surface area contributed by atoms with Gasteiger partial charge < -0.3 is 20.4 Å². The molecule has 0 aliphatic rings. The number of carbonyl (C=O) groups excluding carboxylic acids is 2. The lowest BCUT2D eigenvalue weighted by atomic mass is 10.1. The van der Waals surface area contributed by atoms with Crippen LogP contribution in [0.2, 0.25) is 0 Å². The minimum absolute atomic E-state index is 0. The zero-order valence-corrected chi connectivity index (χ0v) is 13.9. The molecule has 0 aliphatic heterocycles. The second kappa shape index (κ2) is 8.36. The normalized spacial score (nSPS) is 9.87. The van der Waals surface area contributed by atoms with Crippen molar-refractivity contribution in [3.63, 3.8) is 0 Å². The Morgan fingerprint density at radius 1 is 1.22 bits per heavy atom. The fourth-order valence-corrected chi connectivity index (χ4v) is 2.07. The lowest BCUT2D eigenvalue weighted by Gasteiger charge is -2.16. The summed E-state index contributed by atoms with van der Waals surface area (Å²) in [7, 11) is 3.30. The van der Waals surface area contributed by atoms with Crippen LogP contribution < -0.4 is 11.1 Å². The number of hydrogen-bond acceptors (Lipinski definition) is 4. The van der Waals surface area contributed by atoms with E-state index in [0.29, 0.717) is 23.4 Å². The summed E-state index contributed by atoms with van der Waals surface area (Å²) in [6, 6.07) is 8.77. The number of amides is 2. The third kappa shape index (κ3) is 4.58. The van der Waals surface area contributed by atoms with E-state index in [-0.39, 0.29) is 30.8 Å². The molecule has 1 heterocycles. The van der Waals surface area contributed by atoms with Crippen molar-refractivity contribution >= 4 is 24.2 Å². The van der Waals surface area contributed by atoms with Crippen LogP contribution in [0.15, 0.2) is 41.0 Å². The molecular weight excluding hydrogens is 318 g/mol. The molecule has 2 rings (SSSR count). The molecule has 6 nitrogen and oxygen atoms in total. The predicted octanol–water partition coefficient (Wildman–Crippen LogP) is 1.79. The van der Waals surface area contributed by atoms with Gasteiger partial charge in [0.1, 0.15) is 12.0 Å². The zero-order valence-electron chi connectivity index (χ0n) is 13.0. The van der Waals surface area contributed by atoms with E-state index in [0.717, 1.165) is 5.56 Å². The lowest BCUT2D eigenvalue weighted by molar-refractivity contribution is 0.0784. The number of rotatable bonds is 5. The van der Waals surface area contributed by atoms with Crippen molar-refractivity contribution in [2.45, 2.75) is 13.1 Å². The smallest absolute Gasteiger partial charge is 0.257 e. The Morgan fingerprint density at radius 3 is 2.39 bits per heavy atom. The van der Waals surface area contributed by atoms with Gasteiger partial charge in [-0.2, -0.15) is 0 Å². The van der Waals surface area contributed by atoms with Crippen LogP contribution in [0.1, 0.15) is 32.0 Å². The van der Waals surface area contributed by atoms with Crippen molar-refractivity contribution in [2.24, 2.45) is 5.73 Å². The van der Waals surface area contributed by atoms with Gasteiger partial charge in [0.05, 0.1) is 12.1 Å². The summed E-state index contributed by atoms with van der Waals surface area (Å²) in [5, 5.41) is 2.56. The van der Waals surface area contributed by atoms with E-state index in [4.69, 9.17) is 10.2 Å². The topological polar surface area (TPSA) is 88.6 Å². The summed E-state index contributed by atoms with van der Waals surface area (Å²) in [5.74, 6) is 0.300. The molecule has 0 atom stereocenters. The van der Waals surface area contributed by atoms with Crippen LogP contribution in [-0.4, -0.2) is 30.8 Å². The van der Waals surface area contributed by atoms with Crippen molar-refractivity contribution in [1.82, 2.24) is 10.2 Å². The molecule has 0 saturated carbocycles. The highest BCUT2D eigenvalue weighted by atomic mass is 35.5. The van der Waals surface area contributed by atoms with Gasteiger partial charge in [0.15, 0.2) is 0 Å². The summed E-state index contributed by atoms with van der Waals surface area (Å²) >= 11 is 0. The van der Waals surface area contributed by atoms with Gasteiger partial charge >= 0.3 is 0 Å². The van der Waals surface area contributed by atoms with Crippen molar-refractivity contribution < 1.29 is 14.0 Å². The number of carbonyl (C=O) groups is 2. The molecule has 0 unspecified atom stereocenters. The van der Waals surface area contributed by atoms with E-state index in [1.165, 1.54) is 6.26 Å². The summed E-state index contributed by atoms with van der Waals surface area (Å²) in [4.78, 5) is 25.3. The van der Waals surface area contributed by atoms with Crippen molar-refractivity contribution in [3.05, 3.63) is 59.0 Å². The lowest BCUT2D eigenvalue weighted by Crippen LogP contribution is -2.26. The summed E-state index contributed by atoms with van der Waals surface area (Å²) < 4.78 is 5.17. The molecule has 0 aliphatic carbocycles. The second-order valence-electron chi connectivity index (χ2n) is 4.94. The average Bonchev–Trinajstić information content (AvgIpc) is 3.03. The third-order valence-corrected chi connectivity index (χ3v) is 3.31. The Morgan fingerprint density at radius 2 is 1.87 bits per heavy atom. The summed E-state index contributed by atoms with van der Waals surface area (Å²) in [6.45, 7) is 0.702. The van der Waals surface area contributed by atoms with Crippen molar-refractivity contribution in [1.29, 1.82) is 0 Å². The maximum Gasteiger partial charge on any atom is 0.257 e. The van der Waals surface area contributed by atoms with Crippen molar-refractivity contribution in [2.75, 3.05) is 14.1 Å². The molecular formula is C16H20ClN3O3. The number of nitrogens with one attached hydrogen (secondary N) is 1. The first kappa shape index (κ1) is 18.7. The monoisotopic (exact) mass is 337 g/mol. The Balaban J connectivity index is 0.00000264. The Bertz CT molecular complexity index is 667. The molecule has 7 heteroatoms. The average molecular weight is 338 g/mol. The second-order valence-corrected chi connectivity index (χ2v) is 4.94. The molecule has 2 amide bonds. The standard InChI is InChI=1S/C16H19N3O3.ClH/c1-18-15(20)12-5-3-11(4-6-12)9-19(2)16(21)13-7-14(8-17)22-10-13;/h3-7,10H,8-9,17H2,1-2H3,(H,18,20);1H. The Labute approximate surface area is 141 Å². The molecule has 0 radical (unpaired) electrons. The number of halogens is 1. The first-order valence-corrected chi connectivity index (χ1v) is 6.89. The molecule has 0 fully saturated rings. The third-order valence-electron chi connectivity index (χ3n) is 3.31. The van der Waals surface area contributed by atoms with E-state index < -0.39 is 0 Å². The number of benzene rings is 1. The van der Waals surface area contributed by atoms with Crippen LogP contribution in [0, 0.1) is 0 Å². The molecule has 2 aromatic rings. The van der Waals surface area contributed by atoms with Crippen molar-refractivity contribution in [3.8, 4) is 0 Å². The van der Waals surface area contributed by atoms with Crippen LogP contribution >= 0.6 is 12.4 Å². The summed E-state index contributed by atoms with van der Waals surface area (Å²) in [6.07, 6.45) is 1.41. The van der Waals surface area contributed by atoms with E-state index in [9.17, 15) is 9.59 Å². The first-order valence-electron chi connectivity index (χ1n) is 6.89. The molecule has 1 aromatic carbocycles. The van der Waals surface area contributed by atoms with Gasteiger partial charge in [-0.25, -0.2) is 0 Å². The SMILES string of the molecule is CNC(=O)c1ccc(CN(C)C(=O)c2coc(CN)c2)cc1.Cl. The fraction of sp³-hybridized carbons (Fsp3) is 0.250. The number of nitrogens with two attached hydrogens (primary N) is 1. The zero-order chi connectivity index (χ0) is 16.1. The number of hydrogen-bond donors (Lipinski definition) is 2. The highest BCUT2D eigenvalue weighted by molar-refractivity contribution is 5.94. The van der Waals surface area contributed by atoms with E-state index in [1.807, 2.05) is 12.1 Å². The molecule has 0 bridgehead atoms. The van der Waals surface area contributed by atoms with Crippen LogP contribution in [0.25, 0.3) is 0 Å². The Kier molecular flexibility index (Phi) is 6.81. The number of furan rings is 1. The molecule has 0 spiro atoms. The molecule has 3 N–H and O–H groups in total. The van der Waals surface area contributed by atoms with Gasteiger partial charge in [-0.15, -0.1) is 12.4 Å². The largest absolute Gasteiger partial charge is 0.467 e. The molecule has 1 aromatic heterocycles. The maximum absolute atomic E-state index is 12.3. The van der Waals surface area contributed by atoms with Crippen LogP contribution in [0.3, 0.4) is 0 Å².